The van der Waals surface area contributed by atoms with Crippen LogP contribution in [0.25, 0.3) is 0 Å². The number of methoxy groups -OCH3 is 1. The van der Waals surface area contributed by atoms with E-state index < -0.39 is 26.6 Å². The predicted molar refractivity (Wildman–Crippen MR) is 63.4 cm³/mol. The van der Waals surface area contributed by atoms with Crippen LogP contribution in [-0.4, -0.2) is 44.6 Å². The van der Waals surface area contributed by atoms with E-state index in [1.165, 1.54) is 7.11 Å². The van der Waals surface area contributed by atoms with Gasteiger partial charge in [0.1, 0.15) is 5.54 Å². The Labute approximate surface area is 102 Å². The first-order valence-electron chi connectivity index (χ1n) is 6.08. The highest BCUT2D eigenvalue weighted by Crippen LogP contribution is 2.35. The molecule has 0 saturated carbocycles. The Bertz CT molecular complexity index is 398. The summed E-state index contributed by atoms with van der Waals surface area (Å²) in [4.78, 5) is 12.0. The van der Waals surface area contributed by atoms with Crippen LogP contribution in [0, 0.1) is 0 Å². The van der Waals surface area contributed by atoms with Gasteiger partial charge in [-0.3, -0.25) is 4.79 Å². The summed E-state index contributed by atoms with van der Waals surface area (Å²) in [6, 6.07) is 0. The second-order valence-electron chi connectivity index (χ2n) is 4.84. The molecule has 2 fully saturated rings. The fourth-order valence-electron chi connectivity index (χ4n) is 3.04. The van der Waals surface area contributed by atoms with Crippen LogP contribution < -0.4 is 5.32 Å². The van der Waals surface area contributed by atoms with Gasteiger partial charge in [0.05, 0.1) is 18.1 Å². The molecule has 2 rings (SSSR count). The fourth-order valence-corrected chi connectivity index (χ4v) is 5.36. The Kier molecular flexibility index (Phi) is 3.45. The fraction of sp³-hybridized carbons (Fsp3) is 0.909. The highest BCUT2D eigenvalue weighted by atomic mass is 32.2. The lowest BCUT2D eigenvalue weighted by Crippen LogP contribution is -2.60. The van der Waals surface area contributed by atoms with Gasteiger partial charge < -0.3 is 10.1 Å². The van der Waals surface area contributed by atoms with E-state index in [0.717, 1.165) is 12.8 Å². The van der Waals surface area contributed by atoms with E-state index in [4.69, 9.17) is 4.74 Å². The average Bonchev–Trinajstić information content (AvgIpc) is 2.77. The summed E-state index contributed by atoms with van der Waals surface area (Å²) in [7, 11) is -1.86. The lowest BCUT2D eigenvalue weighted by Gasteiger charge is -2.36. The molecule has 2 saturated heterocycles. The number of hydrogen-bond acceptors (Lipinski definition) is 5. The van der Waals surface area contributed by atoms with E-state index in [9.17, 15) is 13.2 Å². The zero-order valence-corrected chi connectivity index (χ0v) is 10.9. The third-order valence-electron chi connectivity index (χ3n) is 3.87. The van der Waals surface area contributed by atoms with Gasteiger partial charge in [-0.15, -0.1) is 0 Å². The highest BCUT2D eigenvalue weighted by Gasteiger charge is 2.54. The van der Waals surface area contributed by atoms with Crippen LogP contribution in [0.4, 0.5) is 0 Å². The third kappa shape index (κ3) is 2.08. The molecule has 98 valence electrons. The van der Waals surface area contributed by atoms with Gasteiger partial charge in [0.15, 0.2) is 9.84 Å². The second kappa shape index (κ2) is 4.57. The summed E-state index contributed by atoms with van der Waals surface area (Å²) in [5.74, 6) is -0.233. The summed E-state index contributed by atoms with van der Waals surface area (Å²) in [6.07, 6.45) is 3.51. The predicted octanol–water partition coefficient (Wildman–Crippen LogP) is 0.249. The minimum Gasteiger partial charge on any atom is -0.468 e. The van der Waals surface area contributed by atoms with Crippen molar-refractivity contribution in [3.8, 4) is 0 Å². The zero-order valence-electron chi connectivity index (χ0n) is 10.1. The topological polar surface area (TPSA) is 72.5 Å². The molecule has 0 amide bonds. The minimum absolute atomic E-state index is 0.193. The smallest absolute Gasteiger partial charge is 0.327 e. The average molecular weight is 261 g/mol. The third-order valence-corrected chi connectivity index (χ3v) is 6.23. The van der Waals surface area contributed by atoms with Crippen molar-refractivity contribution in [1.82, 2.24) is 5.32 Å². The molecule has 17 heavy (non-hydrogen) atoms. The number of hydrogen-bond donors (Lipinski definition) is 1. The molecular formula is C11H19NO4S. The van der Waals surface area contributed by atoms with Gasteiger partial charge in [-0.2, -0.15) is 0 Å². The highest BCUT2D eigenvalue weighted by molar-refractivity contribution is 7.92. The monoisotopic (exact) mass is 261 g/mol. The van der Waals surface area contributed by atoms with Crippen LogP contribution in [0.5, 0.6) is 0 Å². The largest absolute Gasteiger partial charge is 0.468 e. The maximum atomic E-state index is 12.1. The maximum Gasteiger partial charge on any atom is 0.327 e. The van der Waals surface area contributed by atoms with Crippen molar-refractivity contribution >= 4 is 15.8 Å². The summed E-state index contributed by atoms with van der Waals surface area (Å²) >= 11 is 0. The van der Waals surface area contributed by atoms with Crippen LogP contribution in [0.1, 0.15) is 32.1 Å². The first-order valence-corrected chi connectivity index (χ1v) is 7.79. The molecule has 2 aliphatic heterocycles. The Hall–Kier alpha value is -0.620. The van der Waals surface area contributed by atoms with Crippen molar-refractivity contribution < 1.29 is 17.9 Å². The SMILES string of the molecule is COC(=O)C1(C2CCCCS2(=O)=O)CCCN1. The van der Waals surface area contributed by atoms with Crippen LogP contribution in [0.2, 0.25) is 0 Å². The summed E-state index contributed by atoms with van der Waals surface area (Å²) in [5, 5.41) is 2.48. The molecular weight excluding hydrogens is 242 g/mol. The number of rotatable bonds is 2. The van der Waals surface area contributed by atoms with E-state index in [1.54, 1.807) is 0 Å². The van der Waals surface area contributed by atoms with Gasteiger partial charge in [0, 0.05) is 0 Å². The minimum atomic E-state index is -3.18. The molecule has 5 nitrogen and oxygen atoms in total. The molecule has 6 heteroatoms. The molecule has 0 bridgehead atoms. The summed E-state index contributed by atoms with van der Waals surface area (Å²) < 4.78 is 29.1. The number of carbonyl (C=O) groups excluding carboxylic acids is 1. The van der Waals surface area contributed by atoms with Crippen molar-refractivity contribution in [2.24, 2.45) is 0 Å². The molecule has 0 spiro atoms. The van der Waals surface area contributed by atoms with Crippen molar-refractivity contribution in [2.75, 3.05) is 19.4 Å². The molecule has 0 aromatic carbocycles. The molecule has 0 radical (unpaired) electrons. The quantitative estimate of drug-likeness (QED) is 0.721. The van der Waals surface area contributed by atoms with E-state index in [1.807, 2.05) is 0 Å². The van der Waals surface area contributed by atoms with Crippen LogP contribution >= 0.6 is 0 Å². The summed E-state index contributed by atoms with van der Waals surface area (Å²) in [5.41, 5.74) is -0.992. The number of carbonyl (C=O) groups is 1. The van der Waals surface area contributed by atoms with Gasteiger partial charge >= 0.3 is 5.97 Å². The van der Waals surface area contributed by atoms with Gasteiger partial charge in [-0.05, 0) is 32.2 Å². The van der Waals surface area contributed by atoms with Crippen molar-refractivity contribution in [1.29, 1.82) is 0 Å². The van der Waals surface area contributed by atoms with Crippen LogP contribution in [-0.2, 0) is 19.4 Å². The first-order chi connectivity index (χ1) is 8.03. The van der Waals surface area contributed by atoms with Crippen LogP contribution in [0.3, 0.4) is 0 Å². The maximum absolute atomic E-state index is 12.1. The molecule has 2 atom stereocenters. The Morgan fingerprint density at radius 2 is 2.12 bits per heavy atom. The van der Waals surface area contributed by atoms with E-state index in [0.29, 0.717) is 25.8 Å². The molecule has 2 unspecified atom stereocenters. The summed E-state index contributed by atoms with van der Waals surface area (Å²) in [6.45, 7) is 0.682. The number of sulfone groups is 1. The zero-order chi connectivity index (χ0) is 12.5. The molecule has 0 aromatic heterocycles. The van der Waals surface area contributed by atoms with Gasteiger partial charge in [-0.1, -0.05) is 6.42 Å². The molecule has 1 N–H and O–H groups in total. The normalized spacial score (nSPS) is 36.6. The van der Waals surface area contributed by atoms with E-state index in [2.05, 4.69) is 5.32 Å². The van der Waals surface area contributed by atoms with Crippen molar-refractivity contribution in [3.63, 3.8) is 0 Å². The van der Waals surface area contributed by atoms with Gasteiger partial charge in [0.25, 0.3) is 0 Å². The molecule has 2 aliphatic rings. The van der Waals surface area contributed by atoms with Crippen molar-refractivity contribution in [2.45, 2.75) is 42.9 Å². The van der Waals surface area contributed by atoms with E-state index >= 15 is 0 Å². The van der Waals surface area contributed by atoms with Gasteiger partial charge in [-0.25, -0.2) is 8.42 Å². The Morgan fingerprint density at radius 1 is 1.35 bits per heavy atom. The lowest BCUT2D eigenvalue weighted by atomic mass is 9.89. The molecule has 2 heterocycles. The van der Waals surface area contributed by atoms with Crippen molar-refractivity contribution in [3.05, 3.63) is 0 Å². The van der Waals surface area contributed by atoms with Gasteiger partial charge in [0.2, 0.25) is 0 Å². The Balaban J connectivity index is 2.36. The standard InChI is InChI=1S/C11H19NO4S/c1-16-10(13)11(6-4-7-12-11)9-5-2-3-8-17(9,14)15/h9,12H,2-8H2,1H3. The molecule has 0 aliphatic carbocycles. The first kappa shape index (κ1) is 12.8. The second-order valence-corrected chi connectivity index (χ2v) is 7.15. The lowest BCUT2D eigenvalue weighted by molar-refractivity contribution is -0.148. The number of esters is 1. The molecule has 0 aromatic rings. The number of ether oxygens (including phenoxy) is 1. The number of nitrogens with one attached hydrogen (secondary N) is 1. The van der Waals surface area contributed by atoms with Crippen LogP contribution in [0.15, 0.2) is 0 Å². The Morgan fingerprint density at radius 3 is 2.65 bits per heavy atom. The van der Waals surface area contributed by atoms with E-state index in [-0.39, 0.29) is 5.75 Å².